The summed E-state index contributed by atoms with van der Waals surface area (Å²) in [4.78, 5) is 28.0. The molecule has 0 radical (unpaired) electrons. The van der Waals surface area contributed by atoms with Crippen LogP contribution in [0.3, 0.4) is 0 Å². The number of nitrogens with one attached hydrogen (secondary N) is 2. The first kappa shape index (κ1) is 17.7. The molecule has 0 bridgehead atoms. The van der Waals surface area contributed by atoms with E-state index in [1.165, 1.54) is 0 Å². The molecule has 0 aliphatic rings. The molecule has 3 aromatic rings. The fourth-order valence-corrected chi connectivity index (χ4v) is 2.72. The molecule has 1 heterocycles. The Hall–Kier alpha value is -3.15. The van der Waals surface area contributed by atoms with Crippen LogP contribution in [0.4, 0.5) is 0 Å². The standard InChI is InChI=1S/C20H22N4O2/c25-19(22-9-3-12-24-13-11-21-15-24)8-10-23-20(26)18-7-6-16-4-1-2-5-17(16)14-18/h1-2,4-7,11,13-15H,3,8-10,12H2,(H,22,25)(H,23,26). The van der Waals surface area contributed by atoms with Gasteiger partial charge in [0, 0.05) is 44.0 Å². The number of benzene rings is 2. The lowest BCUT2D eigenvalue weighted by Gasteiger charge is -2.08. The van der Waals surface area contributed by atoms with Crippen LogP contribution < -0.4 is 10.6 Å². The van der Waals surface area contributed by atoms with E-state index in [0.29, 0.717) is 18.7 Å². The van der Waals surface area contributed by atoms with Gasteiger partial charge in [-0.15, -0.1) is 0 Å². The van der Waals surface area contributed by atoms with Crippen molar-refractivity contribution in [2.24, 2.45) is 0 Å². The third-order valence-corrected chi connectivity index (χ3v) is 4.12. The molecule has 6 heteroatoms. The molecule has 134 valence electrons. The van der Waals surface area contributed by atoms with Gasteiger partial charge in [-0.1, -0.05) is 30.3 Å². The van der Waals surface area contributed by atoms with Crippen LogP contribution in [0.25, 0.3) is 10.8 Å². The summed E-state index contributed by atoms with van der Waals surface area (Å²) in [5.41, 5.74) is 0.601. The van der Waals surface area contributed by atoms with Gasteiger partial charge in [0.2, 0.25) is 5.91 Å². The Morgan fingerprint density at radius 3 is 2.65 bits per heavy atom. The number of rotatable bonds is 8. The molecule has 3 rings (SSSR count). The van der Waals surface area contributed by atoms with Crippen molar-refractivity contribution in [3.63, 3.8) is 0 Å². The molecule has 0 aliphatic carbocycles. The summed E-state index contributed by atoms with van der Waals surface area (Å²) in [7, 11) is 0. The van der Waals surface area contributed by atoms with Crippen LogP contribution in [0.5, 0.6) is 0 Å². The van der Waals surface area contributed by atoms with Crippen molar-refractivity contribution in [1.29, 1.82) is 0 Å². The van der Waals surface area contributed by atoms with Crippen LogP contribution >= 0.6 is 0 Å². The minimum atomic E-state index is -0.163. The molecule has 0 spiro atoms. The number of nitrogens with zero attached hydrogens (tertiary/aromatic N) is 2. The number of fused-ring (bicyclic) bond motifs is 1. The predicted octanol–water partition coefficient (Wildman–Crippen LogP) is 2.36. The van der Waals surface area contributed by atoms with Crippen LogP contribution in [-0.4, -0.2) is 34.5 Å². The average molecular weight is 350 g/mol. The fourth-order valence-electron chi connectivity index (χ4n) is 2.72. The SMILES string of the molecule is O=C(CCNC(=O)c1ccc2ccccc2c1)NCCCn1ccnc1. The Labute approximate surface area is 152 Å². The maximum Gasteiger partial charge on any atom is 0.251 e. The normalized spacial score (nSPS) is 10.6. The van der Waals surface area contributed by atoms with Gasteiger partial charge in [-0.05, 0) is 29.3 Å². The number of hydrogen-bond donors (Lipinski definition) is 2. The van der Waals surface area contributed by atoms with Gasteiger partial charge in [-0.25, -0.2) is 4.98 Å². The highest BCUT2D eigenvalue weighted by Gasteiger charge is 2.07. The Balaban J connectivity index is 1.36. The molecule has 0 saturated heterocycles. The van der Waals surface area contributed by atoms with Crippen molar-refractivity contribution in [1.82, 2.24) is 20.2 Å². The number of imidazole rings is 1. The number of hydrogen-bond acceptors (Lipinski definition) is 3. The van der Waals surface area contributed by atoms with Crippen molar-refractivity contribution in [3.8, 4) is 0 Å². The van der Waals surface area contributed by atoms with E-state index in [-0.39, 0.29) is 18.2 Å². The first-order chi connectivity index (χ1) is 12.7. The second kappa shape index (κ2) is 8.80. The Bertz CT molecular complexity index is 874. The summed E-state index contributed by atoms with van der Waals surface area (Å²) in [5.74, 6) is -0.224. The van der Waals surface area contributed by atoms with Gasteiger partial charge < -0.3 is 15.2 Å². The van der Waals surface area contributed by atoms with Gasteiger partial charge >= 0.3 is 0 Å². The highest BCUT2D eigenvalue weighted by Crippen LogP contribution is 2.15. The van der Waals surface area contributed by atoms with Crippen LogP contribution in [0.2, 0.25) is 0 Å². The summed E-state index contributed by atoms with van der Waals surface area (Å²) in [6.07, 6.45) is 6.49. The molecule has 26 heavy (non-hydrogen) atoms. The van der Waals surface area contributed by atoms with E-state index >= 15 is 0 Å². The molecule has 1 aromatic heterocycles. The second-order valence-electron chi connectivity index (χ2n) is 6.07. The molecular formula is C20H22N4O2. The maximum absolute atomic E-state index is 12.2. The lowest BCUT2D eigenvalue weighted by Crippen LogP contribution is -2.31. The monoisotopic (exact) mass is 350 g/mol. The first-order valence-electron chi connectivity index (χ1n) is 8.72. The summed E-state index contributed by atoms with van der Waals surface area (Å²) < 4.78 is 1.97. The van der Waals surface area contributed by atoms with Gasteiger partial charge in [-0.2, -0.15) is 0 Å². The summed E-state index contributed by atoms with van der Waals surface area (Å²) >= 11 is 0. The van der Waals surface area contributed by atoms with E-state index in [1.54, 1.807) is 18.6 Å². The predicted molar refractivity (Wildman–Crippen MR) is 101 cm³/mol. The average Bonchev–Trinajstić information content (AvgIpc) is 3.18. The van der Waals surface area contributed by atoms with Crippen molar-refractivity contribution in [2.75, 3.05) is 13.1 Å². The third-order valence-electron chi connectivity index (χ3n) is 4.12. The zero-order valence-corrected chi connectivity index (χ0v) is 14.5. The Morgan fingerprint density at radius 2 is 1.85 bits per heavy atom. The lowest BCUT2D eigenvalue weighted by molar-refractivity contribution is -0.120. The van der Waals surface area contributed by atoms with Crippen LogP contribution in [-0.2, 0) is 11.3 Å². The van der Waals surface area contributed by atoms with Gasteiger partial charge in [-0.3, -0.25) is 9.59 Å². The highest BCUT2D eigenvalue weighted by atomic mass is 16.2. The summed E-state index contributed by atoms with van der Waals surface area (Å²) in [6, 6.07) is 13.5. The zero-order valence-electron chi connectivity index (χ0n) is 14.5. The fraction of sp³-hybridized carbons (Fsp3) is 0.250. The molecule has 0 atom stereocenters. The van der Waals surface area contributed by atoms with Gasteiger partial charge in [0.15, 0.2) is 0 Å². The number of carbonyl (C=O) groups is 2. The smallest absolute Gasteiger partial charge is 0.251 e. The Morgan fingerprint density at radius 1 is 1.00 bits per heavy atom. The van der Waals surface area contributed by atoms with Crippen LogP contribution in [0.15, 0.2) is 61.2 Å². The number of aryl methyl sites for hydroxylation is 1. The molecule has 0 fully saturated rings. The van der Waals surface area contributed by atoms with E-state index in [2.05, 4.69) is 15.6 Å². The molecule has 0 unspecified atom stereocenters. The van der Waals surface area contributed by atoms with Crippen molar-refractivity contribution in [2.45, 2.75) is 19.4 Å². The molecule has 6 nitrogen and oxygen atoms in total. The van der Waals surface area contributed by atoms with Gasteiger partial charge in [0.1, 0.15) is 0 Å². The minimum absolute atomic E-state index is 0.0607. The lowest BCUT2D eigenvalue weighted by atomic mass is 10.1. The van der Waals surface area contributed by atoms with Crippen molar-refractivity contribution >= 4 is 22.6 Å². The topological polar surface area (TPSA) is 76.0 Å². The summed E-state index contributed by atoms with van der Waals surface area (Å²) in [5, 5.41) is 7.77. The van der Waals surface area contributed by atoms with E-state index < -0.39 is 0 Å². The number of carbonyl (C=O) groups excluding carboxylic acids is 2. The van der Waals surface area contributed by atoms with Gasteiger partial charge in [0.25, 0.3) is 5.91 Å². The van der Waals surface area contributed by atoms with Crippen LogP contribution in [0, 0.1) is 0 Å². The largest absolute Gasteiger partial charge is 0.356 e. The van der Waals surface area contributed by atoms with E-state index in [4.69, 9.17) is 0 Å². The molecule has 0 saturated carbocycles. The molecule has 2 aromatic carbocycles. The van der Waals surface area contributed by atoms with Crippen molar-refractivity contribution < 1.29 is 9.59 Å². The zero-order chi connectivity index (χ0) is 18.2. The van der Waals surface area contributed by atoms with E-state index in [0.717, 1.165) is 23.7 Å². The quantitative estimate of drug-likeness (QED) is 0.612. The third kappa shape index (κ3) is 4.92. The number of amides is 2. The second-order valence-corrected chi connectivity index (χ2v) is 6.07. The van der Waals surface area contributed by atoms with Crippen LogP contribution in [0.1, 0.15) is 23.2 Å². The summed E-state index contributed by atoms with van der Waals surface area (Å²) in [6.45, 7) is 1.74. The molecular weight excluding hydrogens is 328 g/mol. The van der Waals surface area contributed by atoms with E-state index in [9.17, 15) is 9.59 Å². The van der Waals surface area contributed by atoms with Crippen molar-refractivity contribution in [3.05, 3.63) is 66.7 Å². The number of aromatic nitrogens is 2. The minimum Gasteiger partial charge on any atom is -0.356 e. The first-order valence-corrected chi connectivity index (χ1v) is 8.72. The van der Waals surface area contributed by atoms with E-state index in [1.807, 2.05) is 47.2 Å². The Kier molecular flexibility index (Phi) is 5.98. The molecule has 0 aliphatic heterocycles. The molecule has 2 amide bonds. The highest BCUT2D eigenvalue weighted by molar-refractivity contribution is 5.98. The maximum atomic E-state index is 12.2. The molecule has 2 N–H and O–H groups in total. The van der Waals surface area contributed by atoms with Gasteiger partial charge in [0.05, 0.1) is 6.33 Å².